The Bertz CT molecular complexity index is 476. The van der Waals surface area contributed by atoms with Crippen molar-refractivity contribution in [3.05, 3.63) is 29.8 Å². The summed E-state index contributed by atoms with van der Waals surface area (Å²) < 4.78 is 9.78. The van der Waals surface area contributed by atoms with Crippen LogP contribution < -0.4 is 10.1 Å². The first-order chi connectivity index (χ1) is 10.1. The van der Waals surface area contributed by atoms with Crippen LogP contribution in [-0.4, -0.2) is 51.1 Å². The second-order valence-electron chi connectivity index (χ2n) is 4.65. The molecule has 6 nitrogen and oxygen atoms in total. The van der Waals surface area contributed by atoms with Gasteiger partial charge < -0.3 is 14.8 Å². The molecule has 116 valence electrons. The number of hydrogen-bond donors (Lipinski definition) is 1. The molecule has 0 bridgehead atoms. The van der Waals surface area contributed by atoms with E-state index in [0.29, 0.717) is 13.1 Å². The Morgan fingerprint density at radius 3 is 2.62 bits per heavy atom. The molecule has 0 aliphatic rings. The van der Waals surface area contributed by atoms with Crippen molar-refractivity contribution in [3.8, 4) is 5.75 Å². The minimum atomic E-state index is -0.281. The Morgan fingerprint density at radius 1 is 1.24 bits per heavy atom. The Kier molecular flexibility index (Phi) is 7.25. The average molecular weight is 294 g/mol. The number of nitrogens with one attached hydrogen (secondary N) is 1. The first-order valence-electron chi connectivity index (χ1n) is 6.70. The first-order valence-corrected chi connectivity index (χ1v) is 6.70. The lowest BCUT2D eigenvalue weighted by Gasteiger charge is -2.16. The monoisotopic (exact) mass is 294 g/mol. The number of carbonyl (C=O) groups excluding carboxylic acids is 2. The van der Waals surface area contributed by atoms with Gasteiger partial charge in [0.2, 0.25) is 5.91 Å². The standard InChI is InChI=1S/C15H22N2O4/c1-17(9-8-15(19)21-3)11-14(18)16-10-12-6-4-5-7-13(12)20-2/h4-7H,8-11H2,1-3H3,(H,16,18). The number of hydrogen-bond acceptors (Lipinski definition) is 5. The van der Waals surface area contributed by atoms with Crippen molar-refractivity contribution in [2.45, 2.75) is 13.0 Å². The molecule has 1 aromatic rings. The molecule has 1 aromatic carbocycles. The summed E-state index contributed by atoms with van der Waals surface area (Å²) in [5, 5.41) is 2.83. The SMILES string of the molecule is COC(=O)CCN(C)CC(=O)NCc1ccccc1OC. The molecule has 1 N–H and O–H groups in total. The Hall–Kier alpha value is -2.08. The van der Waals surface area contributed by atoms with Crippen LogP contribution in [0.4, 0.5) is 0 Å². The van der Waals surface area contributed by atoms with Crippen LogP contribution in [-0.2, 0) is 20.9 Å². The quantitative estimate of drug-likeness (QED) is 0.719. The molecule has 6 heteroatoms. The molecular weight excluding hydrogens is 272 g/mol. The normalized spacial score (nSPS) is 10.3. The smallest absolute Gasteiger partial charge is 0.306 e. The lowest BCUT2D eigenvalue weighted by atomic mass is 10.2. The molecule has 1 rings (SSSR count). The molecule has 0 radical (unpaired) electrons. The van der Waals surface area contributed by atoms with E-state index in [0.717, 1.165) is 11.3 Å². The minimum Gasteiger partial charge on any atom is -0.496 e. The van der Waals surface area contributed by atoms with E-state index >= 15 is 0 Å². The van der Waals surface area contributed by atoms with Crippen LogP contribution in [0.5, 0.6) is 5.75 Å². The highest BCUT2D eigenvalue weighted by Gasteiger charge is 2.09. The van der Waals surface area contributed by atoms with Gasteiger partial charge in [-0.3, -0.25) is 14.5 Å². The molecular formula is C15H22N2O4. The zero-order valence-corrected chi connectivity index (χ0v) is 12.7. The number of carbonyl (C=O) groups is 2. The van der Waals surface area contributed by atoms with Gasteiger partial charge in [-0.2, -0.15) is 0 Å². The molecule has 0 fully saturated rings. The summed E-state index contributed by atoms with van der Waals surface area (Å²) >= 11 is 0. The van der Waals surface area contributed by atoms with Gasteiger partial charge in [-0.05, 0) is 13.1 Å². The second-order valence-corrected chi connectivity index (χ2v) is 4.65. The number of nitrogens with zero attached hydrogens (tertiary/aromatic N) is 1. The molecule has 0 saturated carbocycles. The fraction of sp³-hybridized carbons (Fsp3) is 0.467. The fourth-order valence-electron chi connectivity index (χ4n) is 1.81. The number of para-hydroxylation sites is 1. The topological polar surface area (TPSA) is 67.9 Å². The van der Waals surface area contributed by atoms with E-state index in [4.69, 9.17) is 4.74 Å². The largest absolute Gasteiger partial charge is 0.496 e. The third-order valence-electron chi connectivity index (χ3n) is 3.01. The summed E-state index contributed by atoms with van der Waals surface area (Å²) in [6.07, 6.45) is 0.271. The molecule has 0 aliphatic heterocycles. The summed E-state index contributed by atoms with van der Waals surface area (Å²) in [5.41, 5.74) is 0.922. The number of amides is 1. The highest BCUT2D eigenvalue weighted by Crippen LogP contribution is 2.16. The van der Waals surface area contributed by atoms with Crippen molar-refractivity contribution in [1.82, 2.24) is 10.2 Å². The van der Waals surface area contributed by atoms with Crippen molar-refractivity contribution in [2.24, 2.45) is 0 Å². The predicted molar refractivity (Wildman–Crippen MR) is 79.0 cm³/mol. The fourth-order valence-corrected chi connectivity index (χ4v) is 1.81. The summed E-state index contributed by atoms with van der Waals surface area (Å²) in [6.45, 7) is 1.12. The Morgan fingerprint density at radius 2 is 1.95 bits per heavy atom. The zero-order valence-electron chi connectivity index (χ0n) is 12.7. The molecule has 0 spiro atoms. The maximum absolute atomic E-state index is 11.8. The molecule has 0 aromatic heterocycles. The van der Waals surface area contributed by atoms with E-state index in [1.165, 1.54) is 7.11 Å². The Labute approximate surface area is 125 Å². The Balaban J connectivity index is 2.35. The van der Waals surface area contributed by atoms with Crippen molar-refractivity contribution in [2.75, 3.05) is 34.4 Å². The van der Waals surface area contributed by atoms with Crippen LogP contribution >= 0.6 is 0 Å². The third-order valence-corrected chi connectivity index (χ3v) is 3.01. The predicted octanol–water partition coefficient (Wildman–Crippen LogP) is 0.806. The van der Waals surface area contributed by atoms with Gasteiger partial charge in [0.25, 0.3) is 0 Å². The number of rotatable bonds is 8. The second kappa shape index (κ2) is 8.97. The van der Waals surface area contributed by atoms with Crippen molar-refractivity contribution >= 4 is 11.9 Å². The van der Waals surface area contributed by atoms with Gasteiger partial charge in [0.1, 0.15) is 5.75 Å². The number of esters is 1. The number of ether oxygens (including phenoxy) is 2. The van der Waals surface area contributed by atoms with Gasteiger partial charge in [0, 0.05) is 18.7 Å². The van der Waals surface area contributed by atoms with Crippen LogP contribution in [0.1, 0.15) is 12.0 Å². The van der Waals surface area contributed by atoms with Crippen LogP contribution in [0.15, 0.2) is 24.3 Å². The molecule has 0 aliphatic carbocycles. The van der Waals surface area contributed by atoms with Crippen LogP contribution in [0, 0.1) is 0 Å². The first kappa shape index (κ1) is 17.0. The third kappa shape index (κ3) is 6.27. The number of methoxy groups -OCH3 is 2. The maximum atomic E-state index is 11.8. The van der Waals surface area contributed by atoms with Gasteiger partial charge in [-0.15, -0.1) is 0 Å². The lowest BCUT2D eigenvalue weighted by molar-refractivity contribution is -0.141. The molecule has 0 atom stereocenters. The average Bonchev–Trinajstić information content (AvgIpc) is 2.50. The molecule has 0 saturated heterocycles. The van der Waals surface area contributed by atoms with E-state index in [2.05, 4.69) is 10.1 Å². The molecule has 0 heterocycles. The van der Waals surface area contributed by atoms with Crippen LogP contribution in [0.25, 0.3) is 0 Å². The van der Waals surface area contributed by atoms with Gasteiger partial charge in [-0.25, -0.2) is 0 Å². The summed E-state index contributed by atoms with van der Waals surface area (Å²) in [7, 11) is 4.73. The van der Waals surface area contributed by atoms with E-state index in [1.54, 1.807) is 19.1 Å². The highest BCUT2D eigenvalue weighted by molar-refractivity contribution is 5.78. The number of likely N-dealkylation sites (N-methyl/N-ethyl adjacent to an activating group) is 1. The summed E-state index contributed by atoms with van der Waals surface area (Å²) in [4.78, 5) is 24.6. The van der Waals surface area contributed by atoms with Gasteiger partial charge >= 0.3 is 5.97 Å². The molecule has 21 heavy (non-hydrogen) atoms. The maximum Gasteiger partial charge on any atom is 0.306 e. The van der Waals surface area contributed by atoms with Crippen LogP contribution in [0.3, 0.4) is 0 Å². The van der Waals surface area contributed by atoms with E-state index < -0.39 is 0 Å². The van der Waals surface area contributed by atoms with Gasteiger partial charge in [-0.1, -0.05) is 18.2 Å². The summed E-state index contributed by atoms with van der Waals surface area (Å²) in [5.74, 6) is 0.362. The molecule has 0 unspecified atom stereocenters. The van der Waals surface area contributed by atoms with Crippen LogP contribution in [0.2, 0.25) is 0 Å². The van der Waals surface area contributed by atoms with Gasteiger partial charge in [0.15, 0.2) is 0 Å². The van der Waals surface area contributed by atoms with E-state index in [9.17, 15) is 9.59 Å². The van der Waals surface area contributed by atoms with E-state index in [-0.39, 0.29) is 24.8 Å². The van der Waals surface area contributed by atoms with Crippen molar-refractivity contribution in [1.29, 1.82) is 0 Å². The minimum absolute atomic E-state index is 0.103. The van der Waals surface area contributed by atoms with Gasteiger partial charge in [0.05, 0.1) is 27.2 Å². The number of benzene rings is 1. The van der Waals surface area contributed by atoms with E-state index in [1.807, 2.05) is 24.3 Å². The van der Waals surface area contributed by atoms with Crippen molar-refractivity contribution in [3.63, 3.8) is 0 Å². The lowest BCUT2D eigenvalue weighted by Crippen LogP contribution is -2.35. The highest BCUT2D eigenvalue weighted by atomic mass is 16.5. The molecule has 1 amide bonds. The summed E-state index contributed by atoms with van der Waals surface area (Å²) in [6, 6.07) is 7.53. The van der Waals surface area contributed by atoms with Crippen molar-refractivity contribution < 1.29 is 19.1 Å². The zero-order chi connectivity index (χ0) is 15.7.